The second-order valence-electron chi connectivity index (χ2n) is 5.47. The highest BCUT2D eigenvalue weighted by molar-refractivity contribution is 8.02. The zero-order chi connectivity index (χ0) is 16.8. The van der Waals surface area contributed by atoms with E-state index in [0.717, 1.165) is 17.7 Å². The van der Waals surface area contributed by atoms with Gasteiger partial charge in [-0.2, -0.15) is 0 Å². The van der Waals surface area contributed by atoms with Gasteiger partial charge in [0, 0.05) is 28.5 Å². The Bertz CT molecular complexity index is 628. The molecule has 1 heterocycles. The first-order valence-corrected chi connectivity index (χ1v) is 8.73. The van der Waals surface area contributed by atoms with Gasteiger partial charge in [0.2, 0.25) is 0 Å². The second kappa shape index (κ2) is 8.06. The fourth-order valence-electron chi connectivity index (χ4n) is 1.98. The zero-order valence-corrected chi connectivity index (χ0v) is 14.5. The molecule has 0 aromatic heterocycles. The second-order valence-corrected chi connectivity index (χ2v) is 6.45. The number of aryl methyl sites for hydroxylation is 1. The monoisotopic (exact) mass is 334 g/mol. The van der Waals surface area contributed by atoms with E-state index in [9.17, 15) is 9.59 Å². The SMILES string of the molecule is CC[C@@H](C)NC(=O)c1ccc(C)c(NC(=O)C2=CSCCO2)c1. The number of hydrogen-bond donors (Lipinski definition) is 2. The van der Waals surface area contributed by atoms with E-state index < -0.39 is 0 Å². The maximum atomic E-state index is 12.2. The van der Waals surface area contributed by atoms with Crippen LogP contribution in [0.25, 0.3) is 0 Å². The molecule has 0 unspecified atom stereocenters. The van der Waals surface area contributed by atoms with E-state index in [-0.39, 0.29) is 17.9 Å². The van der Waals surface area contributed by atoms with Crippen molar-refractivity contribution in [2.45, 2.75) is 33.2 Å². The molecule has 0 saturated carbocycles. The van der Waals surface area contributed by atoms with E-state index in [1.807, 2.05) is 26.8 Å². The molecule has 0 spiro atoms. The highest BCUT2D eigenvalue weighted by Gasteiger charge is 2.16. The van der Waals surface area contributed by atoms with Gasteiger partial charge in [-0.15, -0.1) is 11.8 Å². The van der Waals surface area contributed by atoms with Crippen LogP contribution in [0.3, 0.4) is 0 Å². The van der Waals surface area contributed by atoms with Crippen molar-refractivity contribution in [1.82, 2.24) is 5.32 Å². The molecule has 1 atom stereocenters. The number of rotatable bonds is 5. The molecule has 2 N–H and O–H groups in total. The van der Waals surface area contributed by atoms with Crippen LogP contribution in [0.15, 0.2) is 29.4 Å². The van der Waals surface area contributed by atoms with Gasteiger partial charge in [-0.25, -0.2) is 0 Å². The molecule has 0 bridgehead atoms. The number of benzene rings is 1. The van der Waals surface area contributed by atoms with Crippen LogP contribution < -0.4 is 10.6 Å². The molecule has 2 rings (SSSR count). The molecule has 0 saturated heterocycles. The summed E-state index contributed by atoms with van der Waals surface area (Å²) in [6.45, 7) is 6.39. The lowest BCUT2D eigenvalue weighted by Gasteiger charge is -2.16. The summed E-state index contributed by atoms with van der Waals surface area (Å²) in [6, 6.07) is 5.39. The number of thioether (sulfide) groups is 1. The summed E-state index contributed by atoms with van der Waals surface area (Å²) < 4.78 is 5.35. The summed E-state index contributed by atoms with van der Waals surface area (Å²) in [5.41, 5.74) is 2.04. The lowest BCUT2D eigenvalue weighted by molar-refractivity contribution is -0.116. The van der Waals surface area contributed by atoms with E-state index in [4.69, 9.17) is 4.74 Å². The van der Waals surface area contributed by atoms with Crippen LogP contribution in [0.2, 0.25) is 0 Å². The van der Waals surface area contributed by atoms with Crippen molar-refractivity contribution in [3.8, 4) is 0 Å². The van der Waals surface area contributed by atoms with Crippen LogP contribution in [0.5, 0.6) is 0 Å². The fraction of sp³-hybridized carbons (Fsp3) is 0.412. The maximum Gasteiger partial charge on any atom is 0.291 e. The average Bonchev–Trinajstić information content (AvgIpc) is 2.57. The Morgan fingerprint density at radius 3 is 2.78 bits per heavy atom. The van der Waals surface area contributed by atoms with E-state index in [1.165, 1.54) is 0 Å². The summed E-state index contributed by atoms with van der Waals surface area (Å²) in [6.07, 6.45) is 0.865. The topological polar surface area (TPSA) is 67.4 Å². The van der Waals surface area contributed by atoms with E-state index in [0.29, 0.717) is 23.6 Å². The minimum absolute atomic E-state index is 0.111. The molecule has 1 aromatic carbocycles. The Balaban J connectivity index is 2.12. The summed E-state index contributed by atoms with van der Waals surface area (Å²) >= 11 is 1.55. The molecular weight excluding hydrogens is 312 g/mol. The van der Waals surface area contributed by atoms with Gasteiger partial charge in [0.05, 0.1) is 6.61 Å². The van der Waals surface area contributed by atoms with Crippen molar-refractivity contribution < 1.29 is 14.3 Å². The van der Waals surface area contributed by atoms with E-state index in [1.54, 1.807) is 29.3 Å². The number of carbonyl (C=O) groups excluding carboxylic acids is 2. The number of anilines is 1. The predicted octanol–water partition coefficient (Wildman–Crippen LogP) is 3.07. The number of carbonyl (C=O) groups is 2. The van der Waals surface area contributed by atoms with E-state index >= 15 is 0 Å². The first-order valence-electron chi connectivity index (χ1n) is 7.68. The molecular formula is C17H22N2O3S. The molecule has 0 radical (unpaired) electrons. The summed E-state index contributed by atoms with van der Waals surface area (Å²) in [5.74, 6) is 0.731. The number of amides is 2. The lowest BCUT2D eigenvalue weighted by atomic mass is 10.1. The summed E-state index contributed by atoms with van der Waals surface area (Å²) in [4.78, 5) is 24.4. The standard InChI is InChI=1S/C17H22N2O3S/c1-4-12(3)18-16(20)13-6-5-11(2)14(9-13)19-17(21)15-10-23-8-7-22-15/h5-6,9-10,12H,4,7-8H2,1-3H3,(H,18,20)(H,19,21)/t12-/m1/s1. The molecule has 1 aliphatic heterocycles. The third-order valence-electron chi connectivity index (χ3n) is 3.61. The molecule has 23 heavy (non-hydrogen) atoms. The van der Waals surface area contributed by atoms with Crippen LogP contribution in [-0.4, -0.2) is 30.2 Å². The van der Waals surface area contributed by atoms with Crippen molar-refractivity contribution in [2.24, 2.45) is 0 Å². The predicted molar refractivity (Wildman–Crippen MR) is 93.5 cm³/mol. The largest absolute Gasteiger partial charge is 0.487 e. The quantitative estimate of drug-likeness (QED) is 0.868. The Morgan fingerprint density at radius 1 is 1.35 bits per heavy atom. The smallest absolute Gasteiger partial charge is 0.291 e. The van der Waals surface area contributed by atoms with Crippen LogP contribution >= 0.6 is 11.8 Å². The number of nitrogens with one attached hydrogen (secondary N) is 2. The van der Waals surface area contributed by atoms with Gasteiger partial charge in [0.1, 0.15) is 0 Å². The fourth-order valence-corrected chi connectivity index (χ4v) is 2.60. The summed E-state index contributed by atoms with van der Waals surface area (Å²) in [7, 11) is 0. The average molecular weight is 334 g/mol. The van der Waals surface area contributed by atoms with Crippen LogP contribution in [0.4, 0.5) is 5.69 Å². The van der Waals surface area contributed by atoms with Gasteiger partial charge in [-0.3, -0.25) is 9.59 Å². The van der Waals surface area contributed by atoms with Crippen molar-refractivity contribution in [2.75, 3.05) is 17.7 Å². The van der Waals surface area contributed by atoms with Crippen molar-refractivity contribution in [1.29, 1.82) is 0 Å². The Labute approximate surface area is 140 Å². The van der Waals surface area contributed by atoms with Gasteiger partial charge in [0.25, 0.3) is 11.8 Å². The minimum atomic E-state index is -0.292. The van der Waals surface area contributed by atoms with Gasteiger partial charge in [-0.05, 0) is 38.0 Å². The third kappa shape index (κ3) is 4.76. The Morgan fingerprint density at radius 2 is 2.13 bits per heavy atom. The molecule has 1 aliphatic rings. The maximum absolute atomic E-state index is 12.2. The molecule has 0 aliphatic carbocycles. The highest BCUT2D eigenvalue weighted by Crippen LogP contribution is 2.20. The Hall–Kier alpha value is -1.95. The molecule has 124 valence electrons. The van der Waals surface area contributed by atoms with Gasteiger partial charge >= 0.3 is 0 Å². The van der Waals surface area contributed by atoms with Gasteiger partial charge in [-0.1, -0.05) is 13.0 Å². The van der Waals surface area contributed by atoms with Crippen LogP contribution in [-0.2, 0) is 9.53 Å². The molecule has 0 fully saturated rings. The molecule has 6 heteroatoms. The van der Waals surface area contributed by atoms with Crippen molar-refractivity contribution in [3.05, 3.63) is 40.5 Å². The summed E-state index contributed by atoms with van der Waals surface area (Å²) in [5, 5.41) is 7.45. The van der Waals surface area contributed by atoms with Crippen molar-refractivity contribution >= 4 is 29.3 Å². The first-order chi connectivity index (χ1) is 11.0. The normalized spacial score (nSPS) is 15.2. The lowest BCUT2D eigenvalue weighted by Crippen LogP contribution is -2.32. The van der Waals surface area contributed by atoms with E-state index in [2.05, 4.69) is 10.6 Å². The zero-order valence-electron chi connectivity index (χ0n) is 13.6. The minimum Gasteiger partial charge on any atom is -0.487 e. The van der Waals surface area contributed by atoms with Crippen LogP contribution in [0, 0.1) is 6.92 Å². The molecule has 1 aromatic rings. The van der Waals surface area contributed by atoms with Gasteiger partial charge in [0.15, 0.2) is 5.76 Å². The first kappa shape index (κ1) is 17.4. The molecule has 5 nitrogen and oxygen atoms in total. The number of ether oxygens (including phenoxy) is 1. The van der Waals surface area contributed by atoms with Gasteiger partial charge < -0.3 is 15.4 Å². The van der Waals surface area contributed by atoms with Crippen LogP contribution in [0.1, 0.15) is 36.2 Å². The third-order valence-corrected chi connectivity index (χ3v) is 4.39. The number of hydrogen-bond acceptors (Lipinski definition) is 4. The Kier molecular flexibility index (Phi) is 6.10. The highest BCUT2D eigenvalue weighted by atomic mass is 32.2. The molecule has 2 amide bonds. The van der Waals surface area contributed by atoms with Crippen molar-refractivity contribution in [3.63, 3.8) is 0 Å².